The van der Waals surface area contributed by atoms with Gasteiger partial charge in [-0.05, 0) is 12.1 Å². The molecule has 0 bridgehead atoms. The van der Waals surface area contributed by atoms with Gasteiger partial charge < -0.3 is 5.32 Å². The molecule has 1 aromatic carbocycles. The lowest BCUT2D eigenvalue weighted by Crippen LogP contribution is -2.37. The molecule has 1 aliphatic rings. The van der Waals surface area contributed by atoms with Crippen LogP contribution in [-0.4, -0.2) is 5.91 Å². The van der Waals surface area contributed by atoms with Crippen molar-refractivity contribution in [1.29, 1.82) is 5.26 Å². The van der Waals surface area contributed by atoms with Crippen molar-refractivity contribution in [1.82, 2.24) is 5.32 Å². The van der Waals surface area contributed by atoms with Gasteiger partial charge in [-0.15, -0.1) is 0 Å². The maximum absolute atomic E-state index is 14.1. The molecular weight excluding hydrogens is 291 g/mol. The van der Waals surface area contributed by atoms with Gasteiger partial charge >= 0.3 is 0 Å². The molecule has 0 spiro atoms. The average Bonchev–Trinajstić information content (AvgIpc) is 2.37. The minimum atomic E-state index is -0.647. The molecule has 2 rings (SSSR count). The fourth-order valence-electron chi connectivity index (χ4n) is 2.53. The number of carbonyl (C=O) groups is 1. The third-order valence-corrected chi connectivity index (χ3v) is 3.82. The summed E-state index contributed by atoms with van der Waals surface area (Å²) in [5.74, 6) is -1.38. The summed E-state index contributed by atoms with van der Waals surface area (Å²) in [4.78, 5) is 12.0. The second kappa shape index (κ2) is 5.50. The number of nitrogens with one attached hydrogen (secondary N) is 1. The zero-order chi connectivity index (χ0) is 15.8. The summed E-state index contributed by atoms with van der Waals surface area (Å²) in [5, 5.41) is 12.5. The number of nitriles is 1. The zero-order valence-electron chi connectivity index (χ0n) is 12.1. The van der Waals surface area contributed by atoms with Crippen molar-refractivity contribution < 1.29 is 9.18 Å². The van der Waals surface area contributed by atoms with Crippen molar-refractivity contribution in [2.45, 2.75) is 33.1 Å². The Morgan fingerprint density at radius 1 is 1.43 bits per heavy atom. The van der Waals surface area contributed by atoms with Crippen molar-refractivity contribution in [3.63, 3.8) is 0 Å². The molecule has 0 aromatic heterocycles. The van der Waals surface area contributed by atoms with E-state index in [4.69, 9.17) is 11.6 Å². The van der Waals surface area contributed by atoms with Crippen LogP contribution in [0.3, 0.4) is 0 Å². The summed E-state index contributed by atoms with van der Waals surface area (Å²) < 4.78 is 14.1. The van der Waals surface area contributed by atoms with Crippen LogP contribution < -0.4 is 5.32 Å². The molecule has 0 saturated carbocycles. The van der Waals surface area contributed by atoms with Gasteiger partial charge in [-0.25, -0.2) is 4.39 Å². The van der Waals surface area contributed by atoms with E-state index < -0.39 is 17.2 Å². The first kappa shape index (κ1) is 15.5. The number of benzene rings is 1. The van der Waals surface area contributed by atoms with Crippen LogP contribution in [0.4, 0.5) is 4.39 Å². The van der Waals surface area contributed by atoms with Gasteiger partial charge in [0.15, 0.2) is 0 Å². The molecule has 110 valence electrons. The summed E-state index contributed by atoms with van der Waals surface area (Å²) in [6.45, 7) is 5.68. The van der Waals surface area contributed by atoms with Gasteiger partial charge in [0.1, 0.15) is 5.82 Å². The van der Waals surface area contributed by atoms with E-state index in [9.17, 15) is 14.4 Å². The van der Waals surface area contributed by atoms with Crippen molar-refractivity contribution in [3.05, 3.63) is 45.9 Å². The maximum atomic E-state index is 14.1. The molecular formula is C16H16ClFN2O. The second-order valence-corrected chi connectivity index (χ2v) is 6.50. The predicted octanol–water partition coefficient (Wildman–Crippen LogP) is 3.91. The van der Waals surface area contributed by atoms with E-state index in [-0.39, 0.29) is 22.9 Å². The molecule has 0 saturated heterocycles. The van der Waals surface area contributed by atoms with Gasteiger partial charge in [0.2, 0.25) is 5.91 Å². The van der Waals surface area contributed by atoms with Gasteiger partial charge in [0.05, 0.1) is 11.6 Å². The first-order valence-electron chi connectivity index (χ1n) is 6.64. The molecule has 1 amide bonds. The second-order valence-electron chi connectivity index (χ2n) is 6.09. The van der Waals surface area contributed by atoms with E-state index in [1.54, 1.807) is 6.07 Å². The van der Waals surface area contributed by atoms with Crippen LogP contribution in [0.15, 0.2) is 29.5 Å². The number of hydrogen-bond donors (Lipinski definition) is 1. The number of rotatable bonds is 1. The Morgan fingerprint density at radius 3 is 2.62 bits per heavy atom. The summed E-state index contributed by atoms with van der Waals surface area (Å²) in [7, 11) is 0. The molecule has 1 heterocycles. The molecule has 1 aromatic rings. The Kier molecular flexibility index (Phi) is 4.06. The first-order chi connectivity index (χ1) is 9.75. The van der Waals surface area contributed by atoms with Crippen LogP contribution in [0.25, 0.3) is 0 Å². The zero-order valence-corrected chi connectivity index (χ0v) is 12.9. The van der Waals surface area contributed by atoms with Gasteiger partial charge in [0.25, 0.3) is 0 Å². The standard InChI is InChI=1S/C16H16ClFN2O/c1-16(2,3)15-10(8-19)9(7-13(21)20-15)14-11(17)5-4-6-12(14)18/h4-6,9H,7H2,1-3H3,(H,20,21)/t9-/m1/s1. The molecule has 1 N–H and O–H groups in total. The van der Waals surface area contributed by atoms with Gasteiger partial charge in [-0.2, -0.15) is 5.26 Å². The summed E-state index contributed by atoms with van der Waals surface area (Å²) in [6, 6.07) is 6.49. The molecule has 1 aliphatic heterocycles. The quantitative estimate of drug-likeness (QED) is 0.855. The molecule has 0 unspecified atom stereocenters. The molecule has 3 nitrogen and oxygen atoms in total. The number of hydrogen-bond acceptors (Lipinski definition) is 2. The van der Waals surface area contributed by atoms with Crippen LogP contribution in [0, 0.1) is 22.6 Å². The summed E-state index contributed by atoms with van der Waals surface area (Å²) in [6.07, 6.45) is 0.0170. The Balaban J connectivity index is 2.68. The highest BCUT2D eigenvalue weighted by atomic mass is 35.5. The maximum Gasteiger partial charge on any atom is 0.225 e. The van der Waals surface area contributed by atoms with Crippen molar-refractivity contribution >= 4 is 17.5 Å². The minimum Gasteiger partial charge on any atom is -0.328 e. The third-order valence-electron chi connectivity index (χ3n) is 3.49. The Morgan fingerprint density at radius 2 is 2.10 bits per heavy atom. The largest absolute Gasteiger partial charge is 0.328 e. The Labute approximate surface area is 128 Å². The molecule has 5 heteroatoms. The van der Waals surface area contributed by atoms with Crippen LogP contribution in [-0.2, 0) is 4.79 Å². The third kappa shape index (κ3) is 2.93. The fraction of sp³-hybridized carbons (Fsp3) is 0.375. The van der Waals surface area contributed by atoms with Crippen LogP contribution in [0.1, 0.15) is 38.7 Å². The van der Waals surface area contributed by atoms with E-state index in [1.165, 1.54) is 12.1 Å². The number of nitrogens with zero attached hydrogens (tertiary/aromatic N) is 1. The normalized spacial score (nSPS) is 19.2. The summed E-state index contributed by atoms with van der Waals surface area (Å²) in [5.41, 5.74) is 0.698. The van der Waals surface area contributed by atoms with Gasteiger partial charge in [0, 0.05) is 34.0 Å². The van der Waals surface area contributed by atoms with Gasteiger partial charge in [-0.1, -0.05) is 38.4 Å². The van der Waals surface area contributed by atoms with Crippen LogP contribution in [0.5, 0.6) is 0 Å². The lowest BCUT2D eigenvalue weighted by Gasteiger charge is -2.32. The monoisotopic (exact) mass is 306 g/mol. The van der Waals surface area contributed by atoms with Crippen LogP contribution >= 0.6 is 11.6 Å². The number of carbonyl (C=O) groups excluding carboxylic acids is 1. The van der Waals surface area contributed by atoms with E-state index >= 15 is 0 Å². The highest BCUT2D eigenvalue weighted by Crippen LogP contribution is 2.41. The van der Waals surface area contributed by atoms with Crippen LogP contribution in [0.2, 0.25) is 5.02 Å². The van der Waals surface area contributed by atoms with Crippen molar-refractivity contribution in [3.8, 4) is 6.07 Å². The van der Waals surface area contributed by atoms with E-state index in [0.29, 0.717) is 11.3 Å². The summed E-state index contributed by atoms with van der Waals surface area (Å²) >= 11 is 6.09. The number of amides is 1. The van der Waals surface area contributed by atoms with Crippen molar-refractivity contribution in [2.75, 3.05) is 0 Å². The highest BCUT2D eigenvalue weighted by Gasteiger charge is 2.36. The Hall–Kier alpha value is -1.86. The van der Waals surface area contributed by atoms with Crippen molar-refractivity contribution in [2.24, 2.45) is 5.41 Å². The van der Waals surface area contributed by atoms with E-state index in [2.05, 4.69) is 11.4 Å². The first-order valence-corrected chi connectivity index (χ1v) is 7.02. The van der Waals surface area contributed by atoms with E-state index in [0.717, 1.165) is 0 Å². The fourth-order valence-corrected chi connectivity index (χ4v) is 2.83. The molecule has 0 radical (unpaired) electrons. The molecule has 1 atom stereocenters. The van der Waals surface area contributed by atoms with E-state index in [1.807, 2.05) is 20.8 Å². The van der Waals surface area contributed by atoms with Gasteiger partial charge in [-0.3, -0.25) is 4.79 Å². The molecule has 0 fully saturated rings. The lowest BCUT2D eigenvalue weighted by molar-refractivity contribution is -0.121. The molecule has 21 heavy (non-hydrogen) atoms. The Bertz CT molecular complexity index is 648. The molecule has 0 aliphatic carbocycles. The minimum absolute atomic E-state index is 0.0170. The highest BCUT2D eigenvalue weighted by molar-refractivity contribution is 6.31. The number of allylic oxidation sites excluding steroid dienone is 2. The SMILES string of the molecule is CC(C)(C)C1=C(C#N)[C@H](c2c(F)cccc2Cl)CC(=O)N1. The predicted molar refractivity (Wildman–Crippen MR) is 79.0 cm³/mol. The average molecular weight is 307 g/mol. The topological polar surface area (TPSA) is 52.9 Å². The number of halogens is 2. The lowest BCUT2D eigenvalue weighted by atomic mass is 9.78. The smallest absolute Gasteiger partial charge is 0.225 e.